The molecule has 1 aromatic rings. The van der Waals surface area contributed by atoms with E-state index in [1.165, 1.54) is 11.0 Å². The summed E-state index contributed by atoms with van der Waals surface area (Å²) < 4.78 is 13.2. The van der Waals surface area contributed by atoms with Crippen molar-refractivity contribution in [2.45, 2.75) is 13.5 Å². The first kappa shape index (κ1) is 11.5. The molecule has 0 aliphatic carbocycles. The predicted octanol–water partition coefficient (Wildman–Crippen LogP) is 1.99. The minimum atomic E-state index is -0.294. The molecule has 0 aliphatic heterocycles. The van der Waals surface area contributed by atoms with Gasteiger partial charge in [0.1, 0.15) is 5.82 Å². The number of amides is 2. The minimum Gasteiger partial charge on any atom is -0.334 e. The van der Waals surface area contributed by atoms with Crippen molar-refractivity contribution in [2.75, 3.05) is 13.6 Å². The zero-order valence-electron chi connectivity index (χ0n) is 8.96. The molecule has 1 N–H and O–H groups in total. The molecule has 0 aromatic heterocycles. The van der Waals surface area contributed by atoms with Gasteiger partial charge < -0.3 is 10.2 Å². The molecule has 0 fully saturated rings. The van der Waals surface area contributed by atoms with Crippen molar-refractivity contribution >= 4 is 6.03 Å². The van der Waals surface area contributed by atoms with Crippen LogP contribution in [0, 0.1) is 5.82 Å². The standard InChI is InChI=1S/C11H15FN2O/c1-3-14(2)11(15)13-8-9-6-4-5-7-10(9)12/h4-7H,3,8H2,1-2H3,(H,13,15). The van der Waals surface area contributed by atoms with Gasteiger partial charge in [0.05, 0.1) is 0 Å². The lowest BCUT2D eigenvalue weighted by molar-refractivity contribution is 0.210. The van der Waals surface area contributed by atoms with Crippen molar-refractivity contribution < 1.29 is 9.18 Å². The normalized spacial score (nSPS) is 9.80. The van der Waals surface area contributed by atoms with Crippen molar-refractivity contribution in [2.24, 2.45) is 0 Å². The second kappa shape index (κ2) is 5.34. The summed E-state index contributed by atoms with van der Waals surface area (Å²) in [7, 11) is 1.69. The molecular weight excluding hydrogens is 195 g/mol. The minimum absolute atomic E-state index is 0.194. The van der Waals surface area contributed by atoms with Gasteiger partial charge in [-0.25, -0.2) is 9.18 Å². The number of benzene rings is 1. The summed E-state index contributed by atoms with van der Waals surface area (Å²) in [6.45, 7) is 2.72. The third-order valence-electron chi connectivity index (χ3n) is 2.21. The summed E-state index contributed by atoms with van der Waals surface area (Å²) in [5, 5.41) is 2.64. The van der Waals surface area contributed by atoms with Crippen molar-refractivity contribution in [3.63, 3.8) is 0 Å². The Kier molecular flexibility index (Phi) is 4.09. The molecule has 1 rings (SSSR count). The average Bonchev–Trinajstić information content (AvgIpc) is 2.26. The molecule has 0 bridgehead atoms. The highest BCUT2D eigenvalue weighted by Gasteiger charge is 2.06. The predicted molar refractivity (Wildman–Crippen MR) is 56.9 cm³/mol. The average molecular weight is 210 g/mol. The fourth-order valence-corrected chi connectivity index (χ4v) is 1.09. The highest BCUT2D eigenvalue weighted by molar-refractivity contribution is 5.73. The number of nitrogens with zero attached hydrogens (tertiary/aromatic N) is 1. The number of carbonyl (C=O) groups is 1. The van der Waals surface area contributed by atoms with Gasteiger partial charge in [-0.2, -0.15) is 0 Å². The number of urea groups is 1. The molecule has 1 aromatic carbocycles. The van der Waals surface area contributed by atoms with Crippen LogP contribution in [-0.2, 0) is 6.54 Å². The van der Waals surface area contributed by atoms with Crippen LogP contribution < -0.4 is 5.32 Å². The van der Waals surface area contributed by atoms with Crippen LogP contribution in [0.25, 0.3) is 0 Å². The van der Waals surface area contributed by atoms with E-state index in [9.17, 15) is 9.18 Å². The van der Waals surface area contributed by atoms with Crippen LogP contribution in [-0.4, -0.2) is 24.5 Å². The zero-order valence-corrected chi connectivity index (χ0v) is 8.96. The third kappa shape index (κ3) is 3.23. The summed E-state index contributed by atoms with van der Waals surface area (Å²) in [6, 6.07) is 6.21. The lowest BCUT2D eigenvalue weighted by atomic mass is 10.2. The first-order chi connectivity index (χ1) is 7.15. The Morgan fingerprint density at radius 1 is 1.47 bits per heavy atom. The van der Waals surface area contributed by atoms with Crippen molar-refractivity contribution in [3.05, 3.63) is 35.6 Å². The Morgan fingerprint density at radius 3 is 2.73 bits per heavy atom. The smallest absolute Gasteiger partial charge is 0.317 e. The van der Waals surface area contributed by atoms with Gasteiger partial charge in [-0.05, 0) is 13.0 Å². The van der Waals surface area contributed by atoms with Crippen LogP contribution in [0.15, 0.2) is 24.3 Å². The van der Waals surface area contributed by atoms with Crippen molar-refractivity contribution in [1.29, 1.82) is 0 Å². The summed E-state index contributed by atoms with van der Waals surface area (Å²) in [5.41, 5.74) is 0.496. The Labute approximate surface area is 88.9 Å². The van der Waals surface area contributed by atoms with E-state index < -0.39 is 0 Å². The van der Waals surface area contributed by atoms with Crippen LogP contribution in [0.5, 0.6) is 0 Å². The van der Waals surface area contributed by atoms with Gasteiger partial charge in [0.25, 0.3) is 0 Å². The second-order valence-electron chi connectivity index (χ2n) is 3.26. The Balaban J connectivity index is 2.51. The first-order valence-corrected chi connectivity index (χ1v) is 4.87. The molecule has 0 spiro atoms. The quantitative estimate of drug-likeness (QED) is 0.813. The molecule has 4 heteroatoms. The molecule has 0 radical (unpaired) electrons. The van der Waals surface area contributed by atoms with E-state index in [0.29, 0.717) is 12.1 Å². The summed E-state index contributed by atoms with van der Waals surface area (Å²) >= 11 is 0. The van der Waals surface area contributed by atoms with Crippen LogP contribution in [0.2, 0.25) is 0 Å². The molecular formula is C11H15FN2O. The maximum Gasteiger partial charge on any atom is 0.317 e. The monoisotopic (exact) mass is 210 g/mol. The van der Waals surface area contributed by atoms with Gasteiger partial charge in [-0.15, -0.1) is 0 Å². The molecule has 82 valence electrons. The van der Waals surface area contributed by atoms with Crippen LogP contribution in [0.4, 0.5) is 9.18 Å². The van der Waals surface area contributed by atoms with Gasteiger partial charge in [-0.3, -0.25) is 0 Å². The van der Waals surface area contributed by atoms with E-state index in [-0.39, 0.29) is 18.4 Å². The maximum absolute atomic E-state index is 13.2. The summed E-state index contributed by atoms with van der Waals surface area (Å²) in [4.78, 5) is 12.9. The summed E-state index contributed by atoms with van der Waals surface area (Å²) in [6.07, 6.45) is 0. The number of rotatable bonds is 3. The SMILES string of the molecule is CCN(C)C(=O)NCc1ccccc1F. The highest BCUT2D eigenvalue weighted by atomic mass is 19.1. The van der Waals surface area contributed by atoms with E-state index in [0.717, 1.165) is 0 Å². The van der Waals surface area contributed by atoms with Gasteiger partial charge in [0.2, 0.25) is 0 Å². The Morgan fingerprint density at radius 2 is 2.13 bits per heavy atom. The third-order valence-corrected chi connectivity index (χ3v) is 2.21. The van der Waals surface area contributed by atoms with Gasteiger partial charge in [0, 0.05) is 25.7 Å². The zero-order chi connectivity index (χ0) is 11.3. The van der Waals surface area contributed by atoms with Crippen LogP contribution >= 0.6 is 0 Å². The van der Waals surface area contributed by atoms with E-state index in [1.807, 2.05) is 6.92 Å². The fourth-order valence-electron chi connectivity index (χ4n) is 1.09. The van der Waals surface area contributed by atoms with Crippen LogP contribution in [0.3, 0.4) is 0 Å². The van der Waals surface area contributed by atoms with Crippen LogP contribution in [0.1, 0.15) is 12.5 Å². The number of hydrogen-bond donors (Lipinski definition) is 1. The first-order valence-electron chi connectivity index (χ1n) is 4.87. The highest BCUT2D eigenvalue weighted by Crippen LogP contribution is 2.05. The maximum atomic E-state index is 13.2. The molecule has 0 aliphatic rings. The van der Waals surface area contributed by atoms with Gasteiger partial charge in [-0.1, -0.05) is 18.2 Å². The molecule has 2 amide bonds. The Hall–Kier alpha value is -1.58. The number of halogens is 1. The molecule has 3 nitrogen and oxygen atoms in total. The Bertz CT molecular complexity index is 341. The molecule has 15 heavy (non-hydrogen) atoms. The van der Waals surface area contributed by atoms with E-state index in [2.05, 4.69) is 5.32 Å². The molecule has 0 saturated carbocycles. The van der Waals surface area contributed by atoms with Gasteiger partial charge >= 0.3 is 6.03 Å². The number of hydrogen-bond acceptors (Lipinski definition) is 1. The molecule has 0 unspecified atom stereocenters. The fraction of sp³-hybridized carbons (Fsp3) is 0.364. The van der Waals surface area contributed by atoms with Gasteiger partial charge in [0.15, 0.2) is 0 Å². The largest absolute Gasteiger partial charge is 0.334 e. The topological polar surface area (TPSA) is 32.3 Å². The second-order valence-corrected chi connectivity index (χ2v) is 3.26. The molecule has 0 saturated heterocycles. The lowest BCUT2D eigenvalue weighted by Crippen LogP contribution is -2.36. The van der Waals surface area contributed by atoms with E-state index in [4.69, 9.17) is 0 Å². The number of nitrogens with one attached hydrogen (secondary N) is 1. The summed E-state index contributed by atoms with van der Waals surface area (Å²) in [5.74, 6) is -0.294. The number of carbonyl (C=O) groups excluding carboxylic acids is 1. The van der Waals surface area contributed by atoms with Crippen molar-refractivity contribution in [3.8, 4) is 0 Å². The van der Waals surface area contributed by atoms with E-state index in [1.54, 1.807) is 25.2 Å². The molecule has 0 heterocycles. The molecule has 0 atom stereocenters. The lowest BCUT2D eigenvalue weighted by Gasteiger charge is -2.15. The van der Waals surface area contributed by atoms with E-state index >= 15 is 0 Å². The van der Waals surface area contributed by atoms with Crippen molar-refractivity contribution in [1.82, 2.24) is 10.2 Å².